The Morgan fingerprint density at radius 1 is 0.600 bits per heavy atom. The summed E-state index contributed by atoms with van der Waals surface area (Å²) in [5, 5.41) is 73.3. The number of rotatable bonds is 2. The Balaban J connectivity index is 0.000000443. The summed E-state index contributed by atoms with van der Waals surface area (Å²) in [6.45, 7) is 0. The van der Waals surface area contributed by atoms with Crippen molar-refractivity contribution in [3.63, 3.8) is 0 Å². The first-order valence-corrected chi connectivity index (χ1v) is 5.84. The second-order valence-corrected chi connectivity index (χ2v) is 4.12. The zero-order valence-electron chi connectivity index (χ0n) is 12.0. The van der Waals surface area contributed by atoms with Crippen LogP contribution in [0.4, 0.5) is 11.4 Å². The minimum atomic E-state index is -0.931. The SMILES string of the molecule is O.O=[N+]([O-])c1ccc(O)c(O)c1O.O=[N+]([O-])c1ccc(O)c(O)c1O. The van der Waals surface area contributed by atoms with Gasteiger partial charge in [0.25, 0.3) is 0 Å². The van der Waals surface area contributed by atoms with E-state index in [9.17, 15) is 20.2 Å². The number of nitrogens with zero attached hydrogens (tertiary/aromatic N) is 2. The van der Waals surface area contributed by atoms with Crippen molar-refractivity contribution >= 4 is 11.4 Å². The molecule has 0 fully saturated rings. The summed E-state index contributed by atoms with van der Waals surface area (Å²) in [7, 11) is 0. The van der Waals surface area contributed by atoms with Crippen LogP contribution in [0, 0.1) is 20.2 Å². The van der Waals surface area contributed by atoms with E-state index < -0.39 is 55.7 Å². The topological polar surface area (TPSA) is 239 Å². The molecule has 0 saturated heterocycles. The second-order valence-electron chi connectivity index (χ2n) is 4.12. The highest BCUT2D eigenvalue weighted by Gasteiger charge is 2.20. The Morgan fingerprint density at radius 2 is 0.880 bits per heavy atom. The van der Waals surface area contributed by atoms with Gasteiger partial charge in [-0.15, -0.1) is 0 Å². The predicted octanol–water partition coefficient (Wildman–Crippen LogP) is 0.598. The largest absolute Gasteiger partial charge is 0.504 e. The first-order chi connectivity index (χ1) is 11.1. The molecule has 0 bridgehead atoms. The molecule has 0 aliphatic carbocycles. The van der Waals surface area contributed by atoms with Crippen LogP contribution in [0.5, 0.6) is 34.5 Å². The van der Waals surface area contributed by atoms with E-state index in [2.05, 4.69) is 0 Å². The average molecular weight is 360 g/mol. The van der Waals surface area contributed by atoms with Crippen molar-refractivity contribution < 1.29 is 46.0 Å². The summed E-state index contributed by atoms with van der Waals surface area (Å²) in [5.41, 5.74) is -1.30. The molecule has 2 aromatic carbocycles. The third kappa shape index (κ3) is 4.49. The molecular formula is C12H12N2O11. The Kier molecular flexibility index (Phi) is 6.74. The number of nitro benzene ring substituents is 2. The van der Waals surface area contributed by atoms with Gasteiger partial charge >= 0.3 is 11.4 Å². The molecular weight excluding hydrogens is 348 g/mol. The quantitative estimate of drug-likeness (QED) is 0.247. The highest BCUT2D eigenvalue weighted by Crippen LogP contribution is 2.41. The number of phenols is 6. The van der Waals surface area contributed by atoms with Gasteiger partial charge in [0.2, 0.25) is 23.0 Å². The van der Waals surface area contributed by atoms with Gasteiger partial charge in [-0.2, -0.15) is 0 Å². The van der Waals surface area contributed by atoms with E-state index in [1.54, 1.807) is 0 Å². The molecule has 0 atom stereocenters. The summed E-state index contributed by atoms with van der Waals surface area (Å²) in [6, 6.07) is 3.63. The molecule has 0 heterocycles. The van der Waals surface area contributed by atoms with Gasteiger partial charge in [0, 0.05) is 12.1 Å². The molecule has 0 radical (unpaired) electrons. The number of phenolic OH excluding ortho intramolecular Hbond substituents is 6. The van der Waals surface area contributed by atoms with Crippen molar-refractivity contribution in [1.82, 2.24) is 0 Å². The predicted molar refractivity (Wildman–Crippen MR) is 79.8 cm³/mol. The summed E-state index contributed by atoms with van der Waals surface area (Å²) in [6.07, 6.45) is 0. The first-order valence-electron chi connectivity index (χ1n) is 5.84. The van der Waals surface area contributed by atoms with Crippen LogP contribution < -0.4 is 0 Å². The number of benzene rings is 2. The lowest BCUT2D eigenvalue weighted by molar-refractivity contribution is -0.386. The summed E-state index contributed by atoms with van der Waals surface area (Å²) < 4.78 is 0. The molecule has 2 aromatic rings. The third-order valence-electron chi connectivity index (χ3n) is 2.61. The zero-order chi connectivity index (χ0) is 18.6. The highest BCUT2D eigenvalue weighted by molar-refractivity contribution is 5.60. The minimum Gasteiger partial charge on any atom is -0.504 e. The lowest BCUT2D eigenvalue weighted by Gasteiger charge is -1.99. The Labute approximate surface area is 137 Å². The molecule has 0 aromatic heterocycles. The molecule has 136 valence electrons. The molecule has 0 aliphatic heterocycles. The van der Waals surface area contributed by atoms with Crippen molar-refractivity contribution in [1.29, 1.82) is 0 Å². The maximum absolute atomic E-state index is 10.1. The van der Waals surface area contributed by atoms with Crippen LogP contribution in [-0.2, 0) is 0 Å². The molecule has 25 heavy (non-hydrogen) atoms. The zero-order valence-corrected chi connectivity index (χ0v) is 12.0. The van der Waals surface area contributed by atoms with E-state index in [0.29, 0.717) is 0 Å². The molecule has 0 spiro atoms. The maximum atomic E-state index is 10.1. The molecule has 0 unspecified atom stereocenters. The molecule has 0 saturated carbocycles. The van der Waals surface area contributed by atoms with E-state index in [4.69, 9.17) is 30.6 Å². The molecule has 13 heteroatoms. The molecule has 0 aliphatic rings. The molecule has 2 rings (SSSR count). The number of hydrogen-bond donors (Lipinski definition) is 6. The van der Waals surface area contributed by atoms with E-state index in [0.717, 1.165) is 24.3 Å². The van der Waals surface area contributed by atoms with E-state index in [1.165, 1.54) is 0 Å². The number of aromatic hydroxyl groups is 6. The number of nitro groups is 2. The number of hydrogen-bond acceptors (Lipinski definition) is 10. The Bertz CT molecular complexity index is 739. The van der Waals surface area contributed by atoms with Gasteiger partial charge in [0.15, 0.2) is 11.5 Å². The first kappa shape index (κ1) is 21.0. The Morgan fingerprint density at radius 3 is 1.12 bits per heavy atom. The average Bonchev–Trinajstić information content (AvgIpc) is 2.50. The maximum Gasteiger partial charge on any atom is 0.314 e. The minimum absolute atomic E-state index is 0. The van der Waals surface area contributed by atoms with Crippen molar-refractivity contribution in [2.45, 2.75) is 0 Å². The monoisotopic (exact) mass is 360 g/mol. The van der Waals surface area contributed by atoms with Crippen LogP contribution in [0.15, 0.2) is 24.3 Å². The Hall–Kier alpha value is -4.00. The summed E-state index contributed by atoms with van der Waals surface area (Å²) in [5.74, 6) is -4.83. The van der Waals surface area contributed by atoms with Crippen LogP contribution >= 0.6 is 0 Å². The van der Waals surface area contributed by atoms with Gasteiger partial charge in [-0.05, 0) is 12.1 Å². The van der Waals surface area contributed by atoms with Gasteiger partial charge in [0.05, 0.1) is 9.85 Å². The summed E-state index contributed by atoms with van der Waals surface area (Å²) >= 11 is 0. The van der Waals surface area contributed by atoms with Crippen molar-refractivity contribution in [3.05, 3.63) is 44.5 Å². The fraction of sp³-hybridized carbons (Fsp3) is 0. The fourth-order valence-electron chi connectivity index (χ4n) is 1.41. The standard InChI is InChI=1S/2C6H5NO5.H2O/c2*8-4-2-1-3(7(11)12)5(9)6(4)10;/h2*1-2,8-10H;1H2. The molecule has 13 nitrogen and oxygen atoms in total. The molecule has 0 amide bonds. The van der Waals surface area contributed by atoms with Crippen LogP contribution in [0.25, 0.3) is 0 Å². The van der Waals surface area contributed by atoms with Crippen molar-refractivity contribution in [3.8, 4) is 34.5 Å². The highest BCUT2D eigenvalue weighted by atomic mass is 16.6. The lowest BCUT2D eigenvalue weighted by atomic mass is 10.2. The smallest absolute Gasteiger partial charge is 0.314 e. The van der Waals surface area contributed by atoms with Gasteiger partial charge in [-0.3, -0.25) is 20.2 Å². The van der Waals surface area contributed by atoms with E-state index >= 15 is 0 Å². The van der Waals surface area contributed by atoms with Crippen molar-refractivity contribution in [2.75, 3.05) is 0 Å². The van der Waals surface area contributed by atoms with Gasteiger partial charge in [-0.1, -0.05) is 0 Å². The van der Waals surface area contributed by atoms with Crippen molar-refractivity contribution in [2.24, 2.45) is 0 Å². The summed E-state index contributed by atoms with van der Waals surface area (Å²) in [4.78, 5) is 18.5. The third-order valence-corrected chi connectivity index (χ3v) is 2.61. The van der Waals surface area contributed by atoms with Gasteiger partial charge < -0.3 is 36.1 Å². The van der Waals surface area contributed by atoms with E-state index in [1.807, 2.05) is 0 Å². The van der Waals surface area contributed by atoms with Crippen LogP contribution in [0.2, 0.25) is 0 Å². The van der Waals surface area contributed by atoms with Crippen LogP contribution in [0.1, 0.15) is 0 Å². The fourth-order valence-corrected chi connectivity index (χ4v) is 1.41. The van der Waals surface area contributed by atoms with Gasteiger partial charge in [-0.25, -0.2) is 0 Å². The second kappa shape index (κ2) is 8.02. The normalized spacial score (nSPS) is 9.28. The van der Waals surface area contributed by atoms with E-state index in [-0.39, 0.29) is 5.48 Å². The molecule has 8 N–H and O–H groups in total. The van der Waals surface area contributed by atoms with Crippen LogP contribution in [0.3, 0.4) is 0 Å². The lowest BCUT2D eigenvalue weighted by Crippen LogP contribution is -1.88. The van der Waals surface area contributed by atoms with Crippen LogP contribution in [-0.4, -0.2) is 46.0 Å². The van der Waals surface area contributed by atoms with Gasteiger partial charge in [0.1, 0.15) is 0 Å².